The van der Waals surface area contributed by atoms with Crippen LogP contribution in [0.15, 0.2) is 0 Å². The fourth-order valence-corrected chi connectivity index (χ4v) is 2.23. The first-order valence-corrected chi connectivity index (χ1v) is 6.23. The van der Waals surface area contributed by atoms with E-state index < -0.39 is 0 Å². The molecule has 0 radical (unpaired) electrons. The van der Waals surface area contributed by atoms with Crippen LogP contribution in [0.5, 0.6) is 0 Å². The minimum absolute atomic E-state index is 0.0551. The van der Waals surface area contributed by atoms with Gasteiger partial charge in [-0.3, -0.25) is 4.79 Å². The molecule has 0 saturated heterocycles. The third-order valence-electron chi connectivity index (χ3n) is 3.29. The van der Waals surface area contributed by atoms with Gasteiger partial charge in [-0.1, -0.05) is 20.8 Å². The molecule has 0 aromatic rings. The summed E-state index contributed by atoms with van der Waals surface area (Å²) in [6.07, 6.45) is 3.99. The highest BCUT2D eigenvalue weighted by Crippen LogP contribution is 2.25. The summed E-state index contributed by atoms with van der Waals surface area (Å²) >= 11 is 0. The zero-order valence-electron chi connectivity index (χ0n) is 11.0. The zero-order valence-corrected chi connectivity index (χ0v) is 11.0. The van der Waals surface area contributed by atoms with Crippen LogP contribution in [0.3, 0.4) is 0 Å². The maximum absolute atomic E-state index is 12.0. The Bertz CT molecular complexity index is 237. The molecule has 0 atom stereocenters. The Kier molecular flexibility index (Phi) is 4.36. The smallest absolute Gasteiger partial charge is 0.223 e. The largest absolute Gasteiger partial charge is 0.393 e. The molecule has 0 heterocycles. The first kappa shape index (κ1) is 13.5. The van der Waals surface area contributed by atoms with E-state index in [2.05, 4.69) is 20.8 Å². The monoisotopic (exact) mass is 227 g/mol. The minimum atomic E-state index is -0.151. The van der Waals surface area contributed by atoms with Crippen molar-refractivity contribution in [2.75, 3.05) is 7.05 Å². The van der Waals surface area contributed by atoms with Crippen LogP contribution in [0.2, 0.25) is 0 Å². The molecule has 1 amide bonds. The number of rotatable bonds is 2. The summed E-state index contributed by atoms with van der Waals surface area (Å²) in [6, 6.07) is 0.332. The molecule has 16 heavy (non-hydrogen) atoms. The predicted molar refractivity (Wildman–Crippen MR) is 65.1 cm³/mol. The number of carbonyl (C=O) groups is 1. The second kappa shape index (κ2) is 5.17. The highest BCUT2D eigenvalue weighted by Gasteiger charge is 2.27. The van der Waals surface area contributed by atoms with E-state index in [9.17, 15) is 9.90 Å². The molecular formula is C13H25NO2. The average Bonchev–Trinajstić information content (AvgIpc) is 2.15. The third kappa shape index (κ3) is 4.12. The Morgan fingerprint density at radius 3 is 2.19 bits per heavy atom. The molecule has 3 nitrogen and oxygen atoms in total. The molecule has 1 fully saturated rings. The van der Waals surface area contributed by atoms with Crippen LogP contribution in [0.25, 0.3) is 0 Å². The lowest BCUT2D eigenvalue weighted by atomic mass is 9.89. The number of nitrogens with zero attached hydrogens (tertiary/aromatic N) is 1. The van der Waals surface area contributed by atoms with E-state index in [4.69, 9.17) is 0 Å². The predicted octanol–water partition coefficient (Wildman–Crippen LogP) is 2.18. The van der Waals surface area contributed by atoms with Gasteiger partial charge in [0.25, 0.3) is 0 Å². The minimum Gasteiger partial charge on any atom is -0.393 e. The Morgan fingerprint density at radius 2 is 1.75 bits per heavy atom. The standard InChI is InChI=1S/C13H25NO2/c1-13(2,3)9-12(16)14(4)10-5-7-11(15)8-6-10/h10-11,15H,5-9H2,1-4H3. The van der Waals surface area contributed by atoms with Crippen LogP contribution in [0, 0.1) is 5.41 Å². The van der Waals surface area contributed by atoms with Gasteiger partial charge >= 0.3 is 0 Å². The Hall–Kier alpha value is -0.570. The molecule has 3 heteroatoms. The zero-order chi connectivity index (χ0) is 12.3. The Labute approximate surface area is 98.8 Å². The lowest BCUT2D eigenvalue weighted by molar-refractivity contribution is -0.134. The summed E-state index contributed by atoms with van der Waals surface area (Å²) in [4.78, 5) is 13.9. The quantitative estimate of drug-likeness (QED) is 0.785. The van der Waals surface area contributed by atoms with Gasteiger partial charge in [-0.2, -0.15) is 0 Å². The van der Waals surface area contributed by atoms with Crippen LogP contribution < -0.4 is 0 Å². The van der Waals surface area contributed by atoms with E-state index in [1.807, 2.05) is 11.9 Å². The fourth-order valence-electron chi connectivity index (χ4n) is 2.23. The fraction of sp³-hybridized carbons (Fsp3) is 0.923. The lowest BCUT2D eigenvalue weighted by Crippen LogP contribution is -2.41. The molecule has 1 aliphatic rings. The number of aliphatic hydroxyl groups excluding tert-OH is 1. The second-order valence-electron chi connectivity index (χ2n) is 6.20. The molecule has 0 bridgehead atoms. The van der Waals surface area contributed by atoms with Crippen molar-refractivity contribution < 1.29 is 9.90 Å². The van der Waals surface area contributed by atoms with Gasteiger partial charge in [-0.05, 0) is 31.1 Å². The van der Waals surface area contributed by atoms with Crippen LogP contribution in [0.4, 0.5) is 0 Å². The first-order valence-electron chi connectivity index (χ1n) is 6.23. The van der Waals surface area contributed by atoms with Gasteiger partial charge in [-0.25, -0.2) is 0 Å². The maximum atomic E-state index is 12.0. The van der Waals surface area contributed by atoms with E-state index in [1.54, 1.807) is 0 Å². The third-order valence-corrected chi connectivity index (χ3v) is 3.29. The van der Waals surface area contributed by atoms with Crippen molar-refractivity contribution in [3.63, 3.8) is 0 Å². The second-order valence-corrected chi connectivity index (χ2v) is 6.20. The molecule has 0 aromatic carbocycles. The molecule has 0 spiro atoms. The van der Waals surface area contributed by atoms with Gasteiger partial charge in [0.15, 0.2) is 0 Å². The van der Waals surface area contributed by atoms with Crippen molar-refractivity contribution in [1.29, 1.82) is 0 Å². The normalized spacial score (nSPS) is 26.6. The Morgan fingerprint density at radius 1 is 1.25 bits per heavy atom. The van der Waals surface area contributed by atoms with Crippen LogP contribution in [-0.4, -0.2) is 35.1 Å². The van der Waals surface area contributed by atoms with Crippen molar-refractivity contribution in [2.45, 2.75) is 65.0 Å². The van der Waals surface area contributed by atoms with E-state index in [1.165, 1.54) is 0 Å². The molecule has 0 unspecified atom stereocenters. The summed E-state index contributed by atoms with van der Waals surface area (Å²) in [6.45, 7) is 6.26. The summed E-state index contributed by atoms with van der Waals surface area (Å²) in [5.74, 6) is 0.230. The van der Waals surface area contributed by atoms with Gasteiger partial charge in [0.1, 0.15) is 0 Å². The van der Waals surface area contributed by atoms with E-state index in [-0.39, 0.29) is 17.4 Å². The van der Waals surface area contributed by atoms with Crippen LogP contribution in [-0.2, 0) is 4.79 Å². The van der Waals surface area contributed by atoms with Gasteiger partial charge in [0.05, 0.1) is 6.10 Å². The number of amides is 1. The SMILES string of the molecule is CN(C(=O)CC(C)(C)C)C1CCC(O)CC1. The highest BCUT2D eigenvalue weighted by molar-refractivity contribution is 5.76. The molecule has 1 N–H and O–H groups in total. The van der Waals surface area contributed by atoms with Crippen LogP contribution in [0.1, 0.15) is 52.9 Å². The van der Waals surface area contributed by atoms with E-state index >= 15 is 0 Å². The van der Waals surface area contributed by atoms with Crippen molar-refractivity contribution >= 4 is 5.91 Å². The molecule has 1 saturated carbocycles. The molecular weight excluding hydrogens is 202 g/mol. The number of hydrogen-bond acceptors (Lipinski definition) is 2. The van der Waals surface area contributed by atoms with Gasteiger partial charge < -0.3 is 10.0 Å². The maximum Gasteiger partial charge on any atom is 0.223 e. The van der Waals surface area contributed by atoms with Crippen LogP contribution >= 0.6 is 0 Å². The summed E-state index contributed by atoms with van der Waals surface area (Å²) < 4.78 is 0. The topological polar surface area (TPSA) is 40.5 Å². The lowest BCUT2D eigenvalue weighted by Gasteiger charge is -2.34. The molecule has 0 aliphatic heterocycles. The molecule has 1 rings (SSSR count). The van der Waals surface area contributed by atoms with Crippen molar-refractivity contribution in [2.24, 2.45) is 5.41 Å². The summed E-state index contributed by atoms with van der Waals surface area (Å²) in [7, 11) is 1.90. The van der Waals surface area contributed by atoms with Gasteiger partial charge in [-0.15, -0.1) is 0 Å². The van der Waals surface area contributed by atoms with Crippen molar-refractivity contribution in [3.8, 4) is 0 Å². The molecule has 1 aliphatic carbocycles. The first-order chi connectivity index (χ1) is 7.29. The molecule has 94 valence electrons. The highest BCUT2D eigenvalue weighted by atomic mass is 16.3. The summed E-state index contributed by atoms with van der Waals surface area (Å²) in [5.41, 5.74) is 0.0551. The number of carbonyl (C=O) groups excluding carboxylic acids is 1. The summed E-state index contributed by atoms with van der Waals surface area (Å²) in [5, 5.41) is 9.43. The van der Waals surface area contributed by atoms with Gasteiger partial charge in [0, 0.05) is 19.5 Å². The van der Waals surface area contributed by atoms with E-state index in [0.29, 0.717) is 12.5 Å². The van der Waals surface area contributed by atoms with Crippen molar-refractivity contribution in [3.05, 3.63) is 0 Å². The van der Waals surface area contributed by atoms with Gasteiger partial charge in [0.2, 0.25) is 5.91 Å². The number of aliphatic hydroxyl groups is 1. The Balaban J connectivity index is 2.45. The van der Waals surface area contributed by atoms with E-state index in [0.717, 1.165) is 25.7 Å². The molecule has 0 aromatic heterocycles. The number of hydrogen-bond donors (Lipinski definition) is 1. The average molecular weight is 227 g/mol. The van der Waals surface area contributed by atoms with Crippen molar-refractivity contribution in [1.82, 2.24) is 4.90 Å².